The third-order valence-corrected chi connectivity index (χ3v) is 3.57. The van der Waals surface area contributed by atoms with Crippen LogP contribution in [0.1, 0.15) is 29.0 Å². The highest BCUT2D eigenvalue weighted by molar-refractivity contribution is 7.10. The van der Waals surface area contributed by atoms with Crippen LogP contribution in [0.15, 0.2) is 29.9 Å². The lowest BCUT2D eigenvalue weighted by Crippen LogP contribution is -2.12. The minimum Gasteiger partial charge on any atom is -0.320 e. The molecule has 2 aromatic heterocycles. The molecule has 0 aromatic carbocycles. The lowest BCUT2D eigenvalue weighted by molar-refractivity contribution is 0.616. The van der Waals surface area contributed by atoms with Gasteiger partial charge < -0.3 is 5.73 Å². The molecule has 4 heteroatoms. The Morgan fingerprint density at radius 1 is 1.50 bits per heavy atom. The molecule has 2 aromatic rings. The Hall–Kier alpha value is -1.26. The number of halogens is 1. The lowest BCUT2D eigenvalue weighted by Gasteiger charge is -2.11. The maximum absolute atomic E-state index is 13.0. The van der Waals surface area contributed by atoms with Gasteiger partial charge in [0, 0.05) is 11.1 Å². The first-order valence-corrected chi connectivity index (χ1v) is 6.02. The van der Waals surface area contributed by atoms with Crippen molar-refractivity contribution in [2.24, 2.45) is 5.73 Å². The second kappa shape index (κ2) is 4.72. The molecular weight excluding hydrogens is 223 g/mol. The second-order valence-electron chi connectivity index (χ2n) is 3.58. The maximum atomic E-state index is 13.0. The third kappa shape index (κ3) is 2.13. The molecule has 0 aliphatic heterocycles. The lowest BCUT2D eigenvalue weighted by atomic mass is 10.0. The van der Waals surface area contributed by atoms with Gasteiger partial charge in [0.15, 0.2) is 0 Å². The molecule has 1 unspecified atom stereocenters. The van der Waals surface area contributed by atoms with Crippen LogP contribution in [0.5, 0.6) is 0 Å². The van der Waals surface area contributed by atoms with E-state index in [2.05, 4.69) is 18.0 Å². The number of hydrogen-bond donors (Lipinski definition) is 1. The largest absolute Gasteiger partial charge is 0.320 e. The van der Waals surface area contributed by atoms with Gasteiger partial charge in [-0.1, -0.05) is 6.92 Å². The summed E-state index contributed by atoms with van der Waals surface area (Å²) in [5, 5.41) is 2.01. The summed E-state index contributed by atoms with van der Waals surface area (Å²) in [6, 6.07) is 3.22. The minimum atomic E-state index is -0.345. The number of pyridine rings is 1. The molecule has 2 nitrogen and oxygen atoms in total. The molecule has 0 amide bonds. The summed E-state index contributed by atoms with van der Waals surface area (Å²) in [5.41, 5.74) is 8.05. The SMILES string of the molecule is CCc1ccsc1C(N)c1cncc(F)c1. The zero-order valence-corrected chi connectivity index (χ0v) is 9.80. The average molecular weight is 236 g/mol. The van der Waals surface area contributed by atoms with Crippen LogP contribution >= 0.6 is 11.3 Å². The molecule has 16 heavy (non-hydrogen) atoms. The number of aryl methyl sites for hydroxylation is 1. The van der Waals surface area contributed by atoms with E-state index in [1.54, 1.807) is 17.5 Å². The maximum Gasteiger partial charge on any atom is 0.141 e. The van der Waals surface area contributed by atoms with Crippen LogP contribution in [0.3, 0.4) is 0 Å². The monoisotopic (exact) mass is 236 g/mol. The summed E-state index contributed by atoms with van der Waals surface area (Å²) >= 11 is 1.61. The molecule has 84 valence electrons. The van der Waals surface area contributed by atoms with E-state index in [9.17, 15) is 4.39 Å². The Morgan fingerprint density at radius 2 is 2.31 bits per heavy atom. The van der Waals surface area contributed by atoms with Gasteiger partial charge in [-0.05, 0) is 35.1 Å². The standard InChI is InChI=1S/C12H13FN2S/c1-2-8-3-4-16-12(8)11(14)9-5-10(13)7-15-6-9/h3-7,11H,2,14H2,1H3. The van der Waals surface area contributed by atoms with Crippen LogP contribution in [-0.2, 0) is 6.42 Å². The first-order chi connectivity index (χ1) is 7.72. The molecule has 0 aliphatic rings. The molecule has 2 heterocycles. The Labute approximate surface area is 97.9 Å². The molecule has 0 saturated heterocycles. The van der Waals surface area contributed by atoms with Gasteiger partial charge in [-0.25, -0.2) is 4.39 Å². The molecule has 0 spiro atoms. The smallest absolute Gasteiger partial charge is 0.141 e. The van der Waals surface area contributed by atoms with E-state index in [1.165, 1.54) is 17.8 Å². The van der Waals surface area contributed by atoms with E-state index < -0.39 is 0 Å². The number of nitrogens with two attached hydrogens (primary N) is 1. The summed E-state index contributed by atoms with van der Waals surface area (Å²) in [5.74, 6) is -0.345. The highest BCUT2D eigenvalue weighted by Gasteiger charge is 2.14. The fourth-order valence-corrected chi connectivity index (χ4v) is 2.69. The van der Waals surface area contributed by atoms with Crippen LogP contribution in [0.2, 0.25) is 0 Å². The second-order valence-corrected chi connectivity index (χ2v) is 4.53. The normalized spacial score (nSPS) is 12.7. The fraction of sp³-hybridized carbons (Fsp3) is 0.250. The van der Waals surface area contributed by atoms with Gasteiger partial charge in [-0.15, -0.1) is 11.3 Å². The molecular formula is C12H13FN2S. The van der Waals surface area contributed by atoms with Crippen molar-refractivity contribution in [3.63, 3.8) is 0 Å². The van der Waals surface area contributed by atoms with E-state index in [0.29, 0.717) is 0 Å². The van der Waals surface area contributed by atoms with Crippen molar-refractivity contribution in [3.8, 4) is 0 Å². The van der Waals surface area contributed by atoms with E-state index in [-0.39, 0.29) is 11.9 Å². The summed E-state index contributed by atoms with van der Waals surface area (Å²) in [6.45, 7) is 2.09. The molecule has 2 N–H and O–H groups in total. The van der Waals surface area contributed by atoms with Crippen LogP contribution < -0.4 is 5.73 Å². The number of rotatable bonds is 3. The molecule has 0 aliphatic carbocycles. The predicted molar refractivity (Wildman–Crippen MR) is 63.9 cm³/mol. The van der Waals surface area contributed by atoms with E-state index in [0.717, 1.165) is 16.9 Å². The zero-order chi connectivity index (χ0) is 11.5. The molecule has 2 rings (SSSR count). The van der Waals surface area contributed by atoms with Crippen molar-refractivity contribution < 1.29 is 4.39 Å². The predicted octanol–water partition coefficient (Wildman–Crippen LogP) is 2.89. The Morgan fingerprint density at radius 3 is 3.00 bits per heavy atom. The van der Waals surface area contributed by atoms with Gasteiger partial charge in [0.05, 0.1) is 12.2 Å². The van der Waals surface area contributed by atoms with Crippen LogP contribution in [0.4, 0.5) is 4.39 Å². The van der Waals surface area contributed by atoms with E-state index >= 15 is 0 Å². The van der Waals surface area contributed by atoms with Crippen LogP contribution in [0.25, 0.3) is 0 Å². The van der Waals surface area contributed by atoms with Crippen molar-refractivity contribution in [1.82, 2.24) is 4.98 Å². The topological polar surface area (TPSA) is 38.9 Å². The van der Waals surface area contributed by atoms with Crippen molar-refractivity contribution in [1.29, 1.82) is 0 Å². The van der Waals surface area contributed by atoms with Crippen molar-refractivity contribution >= 4 is 11.3 Å². The van der Waals surface area contributed by atoms with Gasteiger partial charge >= 0.3 is 0 Å². The fourth-order valence-electron chi connectivity index (χ4n) is 1.66. The summed E-state index contributed by atoms with van der Waals surface area (Å²) in [4.78, 5) is 4.91. The number of hydrogen-bond acceptors (Lipinski definition) is 3. The average Bonchev–Trinajstić information content (AvgIpc) is 2.76. The van der Waals surface area contributed by atoms with Gasteiger partial charge in [0.25, 0.3) is 0 Å². The molecule has 0 bridgehead atoms. The van der Waals surface area contributed by atoms with E-state index in [4.69, 9.17) is 5.73 Å². The quantitative estimate of drug-likeness (QED) is 0.890. The number of nitrogens with zero attached hydrogens (tertiary/aromatic N) is 1. The highest BCUT2D eigenvalue weighted by atomic mass is 32.1. The van der Waals surface area contributed by atoms with Crippen LogP contribution in [0, 0.1) is 5.82 Å². The Bertz CT molecular complexity index is 481. The number of thiophene rings is 1. The molecule has 0 saturated carbocycles. The van der Waals surface area contributed by atoms with Gasteiger partial charge in [0.1, 0.15) is 5.82 Å². The van der Waals surface area contributed by atoms with Gasteiger partial charge in [-0.2, -0.15) is 0 Å². The Balaban J connectivity index is 2.35. The Kier molecular flexibility index (Phi) is 3.31. The molecule has 0 fully saturated rings. The highest BCUT2D eigenvalue weighted by Crippen LogP contribution is 2.28. The molecule has 0 radical (unpaired) electrons. The van der Waals surface area contributed by atoms with Gasteiger partial charge in [0.2, 0.25) is 0 Å². The third-order valence-electron chi connectivity index (χ3n) is 2.53. The van der Waals surface area contributed by atoms with Crippen molar-refractivity contribution in [2.45, 2.75) is 19.4 Å². The summed E-state index contributed by atoms with van der Waals surface area (Å²) < 4.78 is 13.0. The zero-order valence-electron chi connectivity index (χ0n) is 8.98. The van der Waals surface area contributed by atoms with Gasteiger partial charge in [-0.3, -0.25) is 4.98 Å². The van der Waals surface area contributed by atoms with Crippen LogP contribution in [-0.4, -0.2) is 4.98 Å². The first-order valence-electron chi connectivity index (χ1n) is 5.14. The van der Waals surface area contributed by atoms with Crippen molar-refractivity contribution in [3.05, 3.63) is 51.7 Å². The molecule has 1 atom stereocenters. The van der Waals surface area contributed by atoms with E-state index in [1.807, 2.05) is 5.38 Å². The summed E-state index contributed by atoms with van der Waals surface area (Å²) in [6.07, 6.45) is 3.74. The number of aromatic nitrogens is 1. The minimum absolute atomic E-state index is 0.279. The van der Waals surface area contributed by atoms with Crippen molar-refractivity contribution in [2.75, 3.05) is 0 Å². The first kappa shape index (κ1) is 11.2. The summed E-state index contributed by atoms with van der Waals surface area (Å²) in [7, 11) is 0.